The summed E-state index contributed by atoms with van der Waals surface area (Å²) >= 11 is 0. The van der Waals surface area contributed by atoms with Gasteiger partial charge in [-0.1, -0.05) is 36.4 Å². The number of aryl methyl sites for hydroxylation is 4. The van der Waals surface area contributed by atoms with Crippen molar-refractivity contribution < 1.29 is 9.66 Å². The number of nitro benzene ring substituents is 1. The van der Waals surface area contributed by atoms with Gasteiger partial charge in [0.05, 0.1) is 4.92 Å². The molecule has 0 spiro atoms. The Bertz CT molecular complexity index is 881. The third kappa shape index (κ3) is 4.30. The van der Waals surface area contributed by atoms with Gasteiger partial charge in [0.2, 0.25) is 0 Å². The van der Waals surface area contributed by atoms with Gasteiger partial charge in [0.1, 0.15) is 6.61 Å². The number of nitro groups is 1. The number of aromatic nitrogens is 1. The van der Waals surface area contributed by atoms with Crippen LogP contribution in [0.25, 0.3) is 0 Å². The van der Waals surface area contributed by atoms with E-state index in [1.165, 1.54) is 11.1 Å². The fourth-order valence-electron chi connectivity index (χ4n) is 2.84. The van der Waals surface area contributed by atoms with Crippen LogP contribution in [0.5, 0.6) is 5.75 Å². The summed E-state index contributed by atoms with van der Waals surface area (Å²) in [4.78, 5) is 11.0. The predicted molar refractivity (Wildman–Crippen MR) is 101 cm³/mol. The monoisotopic (exact) mass is 350 g/mol. The van der Waals surface area contributed by atoms with Crippen molar-refractivity contribution in [3.8, 4) is 5.75 Å². The molecular formula is C21H22N2O3. The summed E-state index contributed by atoms with van der Waals surface area (Å²) in [7, 11) is 0. The number of nitrogens with zero attached hydrogens (tertiary/aromatic N) is 2. The lowest BCUT2D eigenvalue weighted by atomic mass is 10.1. The maximum absolute atomic E-state index is 11.4. The molecule has 3 aromatic rings. The molecule has 0 saturated carbocycles. The molecule has 0 aliphatic rings. The van der Waals surface area contributed by atoms with Crippen molar-refractivity contribution >= 4 is 5.69 Å². The van der Waals surface area contributed by atoms with E-state index in [-0.39, 0.29) is 10.6 Å². The topological polar surface area (TPSA) is 57.3 Å². The highest BCUT2D eigenvalue weighted by Gasteiger charge is 2.16. The Morgan fingerprint density at radius 3 is 2.35 bits per heavy atom. The minimum Gasteiger partial charge on any atom is -0.482 e. The van der Waals surface area contributed by atoms with Crippen LogP contribution in [0.4, 0.5) is 5.69 Å². The van der Waals surface area contributed by atoms with Gasteiger partial charge in [-0.3, -0.25) is 10.1 Å². The third-order valence-electron chi connectivity index (χ3n) is 4.46. The average molecular weight is 350 g/mol. The van der Waals surface area contributed by atoms with Crippen LogP contribution in [-0.2, 0) is 19.6 Å². The Kier molecular flexibility index (Phi) is 5.37. The second kappa shape index (κ2) is 7.87. The SMILES string of the molecule is Cc1cn(CCc2ccc(OCc3ccccc3)c([N+](=O)[O-])c2)cc1C. The van der Waals surface area contributed by atoms with Crippen molar-refractivity contribution in [3.63, 3.8) is 0 Å². The van der Waals surface area contributed by atoms with Gasteiger partial charge < -0.3 is 9.30 Å². The van der Waals surface area contributed by atoms with E-state index in [2.05, 4.69) is 30.8 Å². The molecule has 134 valence electrons. The smallest absolute Gasteiger partial charge is 0.311 e. The molecule has 0 amide bonds. The Morgan fingerprint density at radius 1 is 1.00 bits per heavy atom. The van der Waals surface area contributed by atoms with Crippen molar-refractivity contribution in [1.29, 1.82) is 0 Å². The summed E-state index contributed by atoms with van der Waals surface area (Å²) < 4.78 is 7.80. The van der Waals surface area contributed by atoms with Crippen molar-refractivity contribution in [3.05, 3.63) is 93.3 Å². The van der Waals surface area contributed by atoms with Gasteiger partial charge in [0.15, 0.2) is 5.75 Å². The van der Waals surface area contributed by atoms with E-state index in [0.717, 1.165) is 24.1 Å². The highest BCUT2D eigenvalue weighted by molar-refractivity contribution is 5.48. The van der Waals surface area contributed by atoms with E-state index in [1.807, 2.05) is 36.4 Å². The number of ether oxygens (including phenoxy) is 1. The van der Waals surface area contributed by atoms with Gasteiger partial charge in [-0.2, -0.15) is 0 Å². The Morgan fingerprint density at radius 2 is 1.69 bits per heavy atom. The fourth-order valence-corrected chi connectivity index (χ4v) is 2.84. The lowest BCUT2D eigenvalue weighted by molar-refractivity contribution is -0.386. The molecule has 1 heterocycles. The summed E-state index contributed by atoms with van der Waals surface area (Å²) in [6, 6.07) is 14.8. The van der Waals surface area contributed by atoms with Crippen molar-refractivity contribution in [2.75, 3.05) is 0 Å². The van der Waals surface area contributed by atoms with Gasteiger partial charge in [-0.15, -0.1) is 0 Å². The van der Waals surface area contributed by atoms with Gasteiger partial charge in [0.25, 0.3) is 0 Å². The van der Waals surface area contributed by atoms with Crippen LogP contribution in [-0.4, -0.2) is 9.49 Å². The molecule has 0 atom stereocenters. The molecule has 0 N–H and O–H groups in total. The standard InChI is InChI=1S/C21H22N2O3/c1-16-13-22(14-17(16)2)11-10-18-8-9-21(20(12-18)23(24)25)26-15-19-6-4-3-5-7-19/h3-9,12-14H,10-11,15H2,1-2H3. The molecule has 0 saturated heterocycles. The highest BCUT2D eigenvalue weighted by atomic mass is 16.6. The summed E-state index contributed by atoms with van der Waals surface area (Å²) in [5.74, 6) is 0.301. The molecule has 2 aromatic carbocycles. The highest BCUT2D eigenvalue weighted by Crippen LogP contribution is 2.29. The van der Waals surface area contributed by atoms with E-state index < -0.39 is 0 Å². The van der Waals surface area contributed by atoms with Crippen molar-refractivity contribution in [2.45, 2.75) is 33.4 Å². The number of rotatable bonds is 7. The molecule has 0 aliphatic carbocycles. The second-order valence-electron chi connectivity index (χ2n) is 6.45. The number of hydrogen-bond acceptors (Lipinski definition) is 3. The Labute approximate surface area is 153 Å². The maximum Gasteiger partial charge on any atom is 0.311 e. The number of benzene rings is 2. The minimum atomic E-state index is -0.381. The molecule has 0 radical (unpaired) electrons. The van der Waals surface area contributed by atoms with E-state index in [1.54, 1.807) is 12.1 Å². The first-order valence-corrected chi connectivity index (χ1v) is 8.60. The maximum atomic E-state index is 11.4. The van der Waals surface area contributed by atoms with E-state index in [9.17, 15) is 10.1 Å². The molecule has 3 rings (SSSR count). The molecule has 26 heavy (non-hydrogen) atoms. The minimum absolute atomic E-state index is 0.0123. The van der Waals surface area contributed by atoms with Crippen LogP contribution >= 0.6 is 0 Å². The summed E-state index contributed by atoms with van der Waals surface area (Å²) in [5, 5.41) is 11.4. The van der Waals surface area contributed by atoms with Crippen molar-refractivity contribution in [1.82, 2.24) is 4.57 Å². The Hall–Kier alpha value is -3.08. The van der Waals surface area contributed by atoms with Crippen LogP contribution in [0.15, 0.2) is 60.9 Å². The molecule has 5 nitrogen and oxygen atoms in total. The first kappa shape index (κ1) is 17.7. The van der Waals surface area contributed by atoms with Gasteiger partial charge in [-0.05, 0) is 48.6 Å². The van der Waals surface area contributed by atoms with Gasteiger partial charge >= 0.3 is 5.69 Å². The summed E-state index contributed by atoms with van der Waals surface area (Å²) in [6.45, 7) is 5.25. The molecule has 0 fully saturated rings. The molecular weight excluding hydrogens is 328 g/mol. The largest absolute Gasteiger partial charge is 0.482 e. The number of hydrogen-bond donors (Lipinski definition) is 0. The first-order valence-electron chi connectivity index (χ1n) is 8.60. The van der Waals surface area contributed by atoms with E-state index in [4.69, 9.17) is 4.74 Å². The molecule has 0 bridgehead atoms. The quantitative estimate of drug-likeness (QED) is 0.453. The van der Waals surface area contributed by atoms with Crippen LogP contribution in [0.3, 0.4) is 0 Å². The van der Waals surface area contributed by atoms with E-state index in [0.29, 0.717) is 12.4 Å². The lowest BCUT2D eigenvalue weighted by Crippen LogP contribution is -2.02. The summed E-state index contributed by atoms with van der Waals surface area (Å²) in [5.41, 5.74) is 4.41. The van der Waals surface area contributed by atoms with E-state index >= 15 is 0 Å². The molecule has 1 aromatic heterocycles. The average Bonchev–Trinajstić information content (AvgIpc) is 2.97. The predicted octanol–water partition coefficient (Wildman–Crippen LogP) is 4.83. The normalized spacial score (nSPS) is 10.7. The van der Waals surface area contributed by atoms with Crippen molar-refractivity contribution in [2.24, 2.45) is 0 Å². The fraction of sp³-hybridized carbons (Fsp3) is 0.238. The molecule has 0 aliphatic heterocycles. The zero-order valence-corrected chi connectivity index (χ0v) is 15.0. The van der Waals surface area contributed by atoms with Crippen LogP contribution in [0.2, 0.25) is 0 Å². The van der Waals surface area contributed by atoms with Crippen LogP contribution in [0.1, 0.15) is 22.3 Å². The third-order valence-corrected chi connectivity index (χ3v) is 4.46. The van der Waals surface area contributed by atoms with Gasteiger partial charge in [-0.25, -0.2) is 0 Å². The van der Waals surface area contributed by atoms with Crippen LogP contribution in [0, 0.1) is 24.0 Å². The van der Waals surface area contributed by atoms with Crippen LogP contribution < -0.4 is 4.74 Å². The Balaban J connectivity index is 1.70. The van der Waals surface area contributed by atoms with Gasteiger partial charge in [0, 0.05) is 25.0 Å². The zero-order valence-electron chi connectivity index (χ0n) is 15.0. The molecule has 5 heteroatoms. The second-order valence-corrected chi connectivity index (χ2v) is 6.45. The zero-order chi connectivity index (χ0) is 18.5. The lowest BCUT2D eigenvalue weighted by Gasteiger charge is -2.09. The first-order chi connectivity index (χ1) is 12.5. The molecule has 0 unspecified atom stereocenters. The summed E-state index contributed by atoms with van der Waals surface area (Å²) in [6.07, 6.45) is 4.93.